The van der Waals surface area contributed by atoms with Gasteiger partial charge in [0.2, 0.25) is 0 Å². The minimum Gasteiger partial charge on any atom is -0.396 e. The van der Waals surface area contributed by atoms with Gasteiger partial charge in [0.15, 0.2) is 5.15 Å². The Morgan fingerprint density at radius 2 is 2.06 bits per heavy atom. The summed E-state index contributed by atoms with van der Waals surface area (Å²) in [5.74, 6) is 0.690. The molecule has 0 bridgehead atoms. The van der Waals surface area contributed by atoms with Gasteiger partial charge in [-0.25, -0.2) is 0 Å². The Morgan fingerprint density at radius 3 is 2.61 bits per heavy atom. The molecule has 0 radical (unpaired) electrons. The fourth-order valence-electron chi connectivity index (χ4n) is 2.50. The summed E-state index contributed by atoms with van der Waals surface area (Å²) in [6.07, 6.45) is 3.41. The van der Waals surface area contributed by atoms with E-state index in [0.717, 1.165) is 12.1 Å². The molecular weight excluding hydrogens is 248 g/mol. The first-order chi connectivity index (χ1) is 8.56. The number of rotatable bonds is 3. The maximum Gasteiger partial charge on any atom is 0.174 e. The van der Waals surface area contributed by atoms with E-state index in [0.29, 0.717) is 22.8 Å². The van der Waals surface area contributed by atoms with Gasteiger partial charge in [0, 0.05) is 6.04 Å². The molecule has 0 aliphatic carbocycles. The van der Waals surface area contributed by atoms with E-state index in [1.807, 2.05) is 6.07 Å². The zero-order valence-electron chi connectivity index (χ0n) is 11.1. The molecule has 0 atom stereocenters. The van der Waals surface area contributed by atoms with Crippen molar-refractivity contribution in [3.05, 3.63) is 16.9 Å². The average molecular weight is 269 g/mol. The molecule has 0 spiro atoms. The summed E-state index contributed by atoms with van der Waals surface area (Å²) in [5.41, 5.74) is 7.23. The van der Waals surface area contributed by atoms with Gasteiger partial charge in [-0.1, -0.05) is 11.6 Å². The minimum atomic E-state index is 0.299. The highest BCUT2D eigenvalue weighted by atomic mass is 35.5. The summed E-state index contributed by atoms with van der Waals surface area (Å²) in [5, 5.41) is 8.28. The van der Waals surface area contributed by atoms with E-state index in [9.17, 15) is 0 Å². The lowest BCUT2D eigenvalue weighted by Crippen LogP contribution is -2.38. The van der Waals surface area contributed by atoms with E-state index in [1.165, 1.54) is 25.9 Å². The van der Waals surface area contributed by atoms with Gasteiger partial charge >= 0.3 is 0 Å². The third-order valence-electron chi connectivity index (χ3n) is 3.70. The number of halogens is 1. The lowest BCUT2D eigenvalue weighted by molar-refractivity contribution is 0.149. The third kappa shape index (κ3) is 3.33. The summed E-state index contributed by atoms with van der Waals surface area (Å²) in [6.45, 7) is 6.87. The fourth-order valence-corrected chi connectivity index (χ4v) is 2.60. The molecule has 100 valence electrons. The number of nitrogens with two attached hydrogens (primary N) is 1. The van der Waals surface area contributed by atoms with E-state index in [2.05, 4.69) is 28.9 Å². The molecule has 1 aliphatic rings. The fraction of sp³-hybridized carbons (Fsp3) is 0.692. The molecule has 0 unspecified atom stereocenters. The normalized spacial score (nSPS) is 18.4. The van der Waals surface area contributed by atoms with Crippen molar-refractivity contribution >= 4 is 17.3 Å². The standard InChI is InChI=1S/C13H21ClN4/c1-9(2)18-5-3-10(4-6-18)7-11-8-12(15)13(14)17-16-11/h8-10H,3-7H2,1-2H3,(H2,15,16). The Hall–Kier alpha value is -0.870. The molecule has 2 N–H and O–H groups in total. The molecule has 4 nitrogen and oxygen atoms in total. The Balaban J connectivity index is 1.89. The van der Waals surface area contributed by atoms with Crippen LogP contribution in [0, 0.1) is 5.92 Å². The van der Waals surface area contributed by atoms with Crippen molar-refractivity contribution in [1.29, 1.82) is 0 Å². The SMILES string of the molecule is CC(C)N1CCC(Cc2cc(N)c(Cl)nn2)CC1. The van der Waals surface area contributed by atoms with Crippen LogP contribution in [0.2, 0.25) is 5.15 Å². The second-order valence-electron chi connectivity index (χ2n) is 5.36. The molecule has 0 amide bonds. The molecule has 0 aromatic carbocycles. The number of piperidine rings is 1. The predicted octanol–water partition coefficient (Wildman–Crippen LogP) is 2.38. The van der Waals surface area contributed by atoms with E-state index < -0.39 is 0 Å². The van der Waals surface area contributed by atoms with Crippen molar-refractivity contribution < 1.29 is 0 Å². The number of aromatic nitrogens is 2. The van der Waals surface area contributed by atoms with Crippen LogP contribution in [0.1, 0.15) is 32.4 Å². The van der Waals surface area contributed by atoms with Gasteiger partial charge < -0.3 is 10.6 Å². The third-order valence-corrected chi connectivity index (χ3v) is 4.00. The van der Waals surface area contributed by atoms with Crippen molar-refractivity contribution in [2.24, 2.45) is 5.92 Å². The van der Waals surface area contributed by atoms with Gasteiger partial charge in [-0.05, 0) is 58.2 Å². The van der Waals surface area contributed by atoms with Crippen molar-refractivity contribution in [2.75, 3.05) is 18.8 Å². The number of anilines is 1. The number of hydrogen-bond acceptors (Lipinski definition) is 4. The Kier molecular flexibility index (Phi) is 4.40. The molecule has 1 aliphatic heterocycles. The summed E-state index contributed by atoms with van der Waals surface area (Å²) in [4.78, 5) is 2.53. The van der Waals surface area contributed by atoms with Crippen LogP contribution < -0.4 is 5.73 Å². The summed E-state index contributed by atoms with van der Waals surface area (Å²) < 4.78 is 0. The molecule has 2 heterocycles. The van der Waals surface area contributed by atoms with Crippen molar-refractivity contribution in [2.45, 2.75) is 39.2 Å². The molecular formula is C13H21ClN4. The molecule has 5 heteroatoms. The number of nitrogens with zero attached hydrogens (tertiary/aromatic N) is 3. The lowest BCUT2D eigenvalue weighted by Gasteiger charge is -2.34. The number of hydrogen-bond donors (Lipinski definition) is 1. The molecule has 2 rings (SSSR count). The number of likely N-dealkylation sites (tertiary alicyclic amines) is 1. The van der Waals surface area contributed by atoms with E-state index >= 15 is 0 Å². The maximum atomic E-state index is 5.77. The first-order valence-corrected chi connectivity index (χ1v) is 6.95. The molecule has 0 saturated carbocycles. The van der Waals surface area contributed by atoms with Crippen LogP contribution in [0.5, 0.6) is 0 Å². The number of nitrogen functional groups attached to an aromatic ring is 1. The summed E-state index contributed by atoms with van der Waals surface area (Å²) in [6, 6.07) is 2.50. The minimum absolute atomic E-state index is 0.299. The Bertz CT molecular complexity index is 400. The highest BCUT2D eigenvalue weighted by Crippen LogP contribution is 2.23. The van der Waals surface area contributed by atoms with Gasteiger partial charge in [0.05, 0.1) is 11.4 Å². The molecule has 1 fully saturated rings. The quantitative estimate of drug-likeness (QED) is 0.915. The predicted molar refractivity (Wildman–Crippen MR) is 74.6 cm³/mol. The highest BCUT2D eigenvalue weighted by Gasteiger charge is 2.21. The van der Waals surface area contributed by atoms with E-state index in [1.54, 1.807) is 0 Å². The monoisotopic (exact) mass is 268 g/mol. The molecule has 1 aromatic rings. The second-order valence-corrected chi connectivity index (χ2v) is 5.72. The van der Waals surface area contributed by atoms with Crippen molar-refractivity contribution in [3.63, 3.8) is 0 Å². The second kappa shape index (κ2) is 5.85. The zero-order chi connectivity index (χ0) is 13.1. The van der Waals surface area contributed by atoms with Gasteiger partial charge in [-0.15, -0.1) is 5.10 Å². The van der Waals surface area contributed by atoms with Crippen LogP contribution in [0.15, 0.2) is 6.07 Å². The van der Waals surface area contributed by atoms with Gasteiger partial charge in [-0.3, -0.25) is 0 Å². The average Bonchev–Trinajstić information content (AvgIpc) is 2.34. The topological polar surface area (TPSA) is 55.0 Å². The molecule has 18 heavy (non-hydrogen) atoms. The Labute approximate surface area is 114 Å². The highest BCUT2D eigenvalue weighted by molar-refractivity contribution is 6.31. The van der Waals surface area contributed by atoms with Gasteiger partial charge in [0.25, 0.3) is 0 Å². The lowest BCUT2D eigenvalue weighted by atomic mass is 9.91. The van der Waals surface area contributed by atoms with Crippen molar-refractivity contribution in [3.8, 4) is 0 Å². The van der Waals surface area contributed by atoms with Crippen LogP contribution in [-0.4, -0.2) is 34.2 Å². The largest absolute Gasteiger partial charge is 0.396 e. The summed E-state index contributed by atoms with van der Waals surface area (Å²) in [7, 11) is 0. The first-order valence-electron chi connectivity index (χ1n) is 6.58. The first kappa shape index (κ1) is 13.6. The van der Waals surface area contributed by atoms with Crippen LogP contribution in [-0.2, 0) is 6.42 Å². The van der Waals surface area contributed by atoms with Crippen LogP contribution in [0.4, 0.5) is 5.69 Å². The van der Waals surface area contributed by atoms with Gasteiger partial charge in [-0.2, -0.15) is 5.10 Å². The van der Waals surface area contributed by atoms with E-state index in [-0.39, 0.29) is 0 Å². The van der Waals surface area contributed by atoms with E-state index in [4.69, 9.17) is 17.3 Å². The summed E-state index contributed by atoms with van der Waals surface area (Å²) >= 11 is 5.77. The van der Waals surface area contributed by atoms with Crippen molar-refractivity contribution in [1.82, 2.24) is 15.1 Å². The smallest absolute Gasteiger partial charge is 0.174 e. The maximum absolute atomic E-state index is 5.77. The Morgan fingerprint density at radius 1 is 1.39 bits per heavy atom. The van der Waals surface area contributed by atoms with Crippen LogP contribution >= 0.6 is 11.6 Å². The van der Waals surface area contributed by atoms with Crippen LogP contribution in [0.3, 0.4) is 0 Å². The van der Waals surface area contributed by atoms with Gasteiger partial charge in [0.1, 0.15) is 0 Å². The van der Waals surface area contributed by atoms with Crippen LogP contribution in [0.25, 0.3) is 0 Å². The zero-order valence-corrected chi connectivity index (χ0v) is 11.8. The molecule has 1 aromatic heterocycles. The molecule has 1 saturated heterocycles.